The lowest BCUT2D eigenvalue weighted by molar-refractivity contribution is 0.0993. The second-order valence-electron chi connectivity index (χ2n) is 3.33. The van der Waals surface area contributed by atoms with Gasteiger partial charge in [-0.05, 0) is 31.5 Å². The van der Waals surface area contributed by atoms with Crippen molar-refractivity contribution < 1.29 is 4.74 Å². The van der Waals surface area contributed by atoms with Crippen LogP contribution in [0.4, 0.5) is 0 Å². The van der Waals surface area contributed by atoms with E-state index in [1.54, 1.807) is 0 Å². The van der Waals surface area contributed by atoms with Crippen molar-refractivity contribution in [2.45, 2.75) is 37.5 Å². The third-order valence-corrected chi connectivity index (χ3v) is 2.79. The molecule has 0 amide bonds. The third-order valence-electron chi connectivity index (χ3n) is 2.55. The Labute approximate surface area is 76.8 Å². The first-order valence-corrected chi connectivity index (χ1v) is 4.63. The van der Waals surface area contributed by atoms with Crippen LogP contribution in [0.1, 0.15) is 19.3 Å². The van der Waals surface area contributed by atoms with Gasteiger partial charge < -0.3 is 15.5 Å². The molecule has 2 saturated heterocycles. The Morgan fingerprint density at radius 1 is 1.50 bits per heavy atom. The Kier molecular flexibility index (Phi) is 2.16. The molecule has 2 bridgehead atoms. The molecule has 0 aromatic carbocycles. The van der Waals surface area contributed by atoms with Crippen molar-refractivity contribution in [3.63, 3.8) is 0 Å². The lowest BCUT2D eigenvalue weighted by Gasteiger charge is -2.20. The number of nitrogens with two attached hydrogens (primary N) is 1. The summed E-state index contributed by atoms with van der Waals surface area (Å²) >= 11 is 4.90. The monoisotopic (exact) mass is 187 g/mol. The first-order valence-electron chi connectivity index (χ1n) is 4.22. The predicted octanol–water partition coefficient (Wildman–Crippen LogP) is -0.356. The standard InChI is InChI=1S/C7H13N3OS/c8-10-7(12)9-5-3-4-1-2-6(5)11-4/h4-6H,1-3,8H2,(H2,9,10,12). The summed E-state index contributed by atoms with van der Waals surface area (Å²) in [5.74, 6) is 5.15. The number of hydrogen-bond donors (Lipinski definition) is 3. The van der Waals surface area contributed by atoms with E-state index in [0.717, 1.165) is 12.8 Å². The first-order chi connectivity index (χ1) is 5.79. The van der Waals surface area contributed by atoms with E-state index < -0.39 is 0 Å². The second-order valence-corrected chi connectivity index (χ2v) is 3.74. The number of rotatable bonds is 1. The molecular weight excluding hydrogens is 174 g/mol. The van der Waals surface area contributed by atoms with Gasteiger partial charge in [0.1, 0.15) is 0 Å². The lowest BCUT2D eigenvalue weighted by atomic mass is 9.96. The van der Waals surface area contributed by atoms with Gasteiger partial charge in [0.05, 0.1) is 18.2 Å². The van der Waals surface area contributed by atoms with Gasteiger partial charge in [0, 0.05) is 0 Å². The van der Waals surface area contributed by atoms with Crippen LogP contribution in [0.5, 0.6) is 0 Å². The molecule has 0 saturated carbocycles. The minimum atomic E-state index is 0.348. The van der Waals surface area contributed by atoms with Crippen LogP contribution < -0.4 is 16.6 Å². The fourth-order valence-electron chi connectivity index (χ4n) is 2.00. The molecule has 2 rings (SSSR count). The Hall–Kier alpha value is -0.390. The molecule has 2 aliphatic rings. The Bertz CT molecular complexity index is 199. The number of hydrazine groups is 1. The normalized spacial score (nSPS) is 38.2. The van der Waals surface area contributed by atoms with Gasteiger partial charge in [0.15, 0.2) is 5.11 Å². The minimum Gasteiger partial charge on any atom is -0.373 e. The number of ether oxygens (including phenoxy) is 1. The molecule has 0 aromatic heterocycles. The smallest absolute Gasteiger partial charge is 0.180 e. The molecule has 3 unspecified atom stereocenters. The average molecular weight is 187 g/mol. The largest absolute Gasteiger partial charge is 0.373 e. The zero-order valence-electron chi connectivity index (χ0n) is 6.75. The van der Waals surface area contributed by atoms with Crippen LogP contribution in [0.15, 0.2) is 0 Å². The number of fused-ring (bicyclic) bond motifs is 2. The lowest BCUT2D eigenvalue weighted by Crippen LogP contribution is -2.48. The first kappa shape index (κ1) is 8.22. The van der Waals surface area contributed by atoms with Gasteiger partial charge in [0.2, 0.25) is 0 Å². The highest BCUT2D eigenvalue weighted by molar-refractivity contribution is 7.80. The van der Waals surface area contributed by atoms with Crippen molar-refractivity contribution in [3.05, 3.63) is 0 Å². The third kappa shape index (κ3) is 1.39. The van der Waals surface area contributed by atoms with Crippen LogP contribution in [0.3, 0.4) is 0 Å². The molecule has 3 atom stereocenters. The maximum absolute atomic E-state index is 5.64. The summed E-state index contributed by atoms with van der Waals surface area (Å²) in [5, 5.41) is 3.64. The highest BCUT2D eigenvalue weighted by Crippen LogP contribution is 2.34. The molecule has 5 heteroatoms. The van der Waals surface area contributed by atoms with Crippen molar-refractivity contribution in [3.8, 4) is 0 Å². The van der Waals surface area contributed by atoms with E-state index in [1.165, 1.54) is 6.42 Å². The minimum absolute atomic E-state index is 0.348. The topological polar surface area (TPSA) is 59.3 Å². The summed E-state index contributed by atoms with van der Waals surface area (Å²) in [7, 11) is 0. The van der Waals surface area contributed by atoms with E-state index in [1.807, 2.05) is 0 Å². The Balaban J connectivity index is 1.86. The van der Waals surface area contributed by atoms with Crippen molar-refractivity contribution in [2.24, 2.45) is 5.84 Å². The zero-order chi connectivity index (χ0) is 8.55. The Morgan fingerprint density at radius 3 is 2.83 bits per heavy atom. The van der Waals surface area contributed by atoms with E-state index in [0.29, 0.717) is 23.4 Å². The molecule has 0 aromatic rings. The van der Waals surface area contributed by atoms with Gasteiger partial charge in [-0.1, -0.05) is 0 Å². The fourth-order valence-corrected chi connectivity index (χ4v) is 2.15. The van der Waals surface area contributed by atoms with Crippen LogP contribution in [-0.4, -0.2) is 23.4 Å². The maximum atomic E-state index is 5.64. The summed E-state index contributed by atoms with van der Waals surface area (Å²) in [5.41, 5.74) is 2.42. The SMILES string of the molecule is NNC(=S)NC1CC2CCC1O2. The molecular formula is C7H13N3OS. The van der Waals surface area contributed by atoms with Crippen LogP contribution in [0.2, 0.25) is 0 Å². The van der Waals surface area contributed by atoms with E-state index in [-0.39, 0.29) is 0 Å². The van der Waals surface area contributed by atoms with Crippen LogP contribution in [-0.2, 0) is 4.74 Å². The summed E-state index contributed by atoms with van der Waals surface area (Å²) in [6, 6.07) is 0.368. The van der Waals surface area contributed by atoms with Gasteiger partial charge >= 0.3 is 0 Å². The summed E-state index contributed by atoms with van der Waals surface area (Å²) in [6.45, 7) is 0. The van der Waals surface area contributed by atoms with Crippen LogP contribution in [0, 0.1) is 0 Å². The molecule has 12 heavy (non-hydrogen) atoms. The van der Waals surface area contributed by atoms with Crippen molar-refractivity contribution in [1.29, 1.82) is 0 Å². The highest BCUT2D eigenvalue weighted by atomic mass is 32.1. The molecule has 2 aliphatic heterocycles. The highest BCUT2D eigenvalue weighted by Gasteiger charge is 2.40. The molecule has 2 fully saturated rings. The summed E-state index contributed by atoms with van der Waals surface area (Å²) in [4.78, 5) is 0. The molecule has 68 valence electrons. The van der Waals surface area contributed by atoms with Crippen molar-refractivity contribution in [1.82, 2.24) is 10.7 Å². The van der Waals surface area contributed by atoms with Gasteiger partial charge in [-0.2, -0.15) is 0 Å². The summed E-state index contributed by atoms with van der Waals surface area (Å²) < 4.78 is 5.64. The van der Waals surface area contributed by atoms with E-state index >= 15 is 0 Å². The number of hydrogen-bond acceptors (Lipinski definition) is 3. The van der Waals surface area contributed by atoms with E-state index in [9.17, 15) is 0 Å². The zero-order valence-corrected chi connectivity index (χ0v) is 7.56. The molecule has 0 spiro atoms. The fraction of sp³-hybridized carbons (Fsp3) is 0.857. The number of nitrogens with one attached hydrogen (secondary N) is 2. The Morgan fingerprint density at radius 2 is 2.33 bits per heavy atom. The van der Waals surface area contributed by atoms with E-state index in [2.05, 4.69) is 10.7 Å². The predicted molar refractivity (Wildman–Crippen MR) is 49.4 cm³/mol. The number of thiocarbonyl (C=S) groups is 1. The second kappa shape index (κ2) is 3.16. The molecule has 4 nitrogen and oxygen atoms in total. The molecule has 0 aliphatic carbocycles. The van der Waals surface area contributed by atoms with Crippen molar-refractivity contribution >= 4 is 17.3 Å². The van der Waals surface area contributed by atoms with Gasteiger partial charge in [-0.3, -0.25) is 0 Å². The van der Waals surface area contributed by atoms with E-state index in [4.69, 9.17) is 22.8 Å². The molecule has 4 N–H and O–H groups in total. The van der Waals surface area contributed by atoms with Gasteiger partial charge in [0.25, 0.3) is 0 Å². The average Bonchev–Trinajstić information content (AvgIpc) is 2.64. The molecule has 2 heterocycles. The quantitative estimate of drug-likeness (QED) is 0.297. The summed E-state index contributed by atoms with van der Waals surface area (Å²) in [6.07, 6.45) is 4.21. The molecule has 0 radical (unpaired) electrons. The van der Waals surface area contributed by atoms with Gasteiger partial charge in [-0.25, -0.2) is 5.84 Å². The van der Waals surface area contributed by atoms with Crippen LogP contribution >= 0.6 is 12.2 Å². The maximum Gasteiger partial charge on any atom is 0.180 e. The van der Waals surface area contributed by atoms with Crippen molar-refractivity contribution in [2.75, 3.05) is 0 Å². The van der Waals surface area contributed by atoms with Gasteiger partial charge in [-0.15, -0.1) is 0 Å². The van der Waals surface area contributed by atoms with Crippen LogP contribution in [0.25, 0.3) is 0 Å².